The Morgan fingerprint density at radius 1 is 0.600 bits per heavy atom. The van der Waals surface area contributed by atoms with Crippen molar-refractivity contribution in [2.24, 2.45) is 0 Å². The third kappa shape index (κ3) is 22.7. The highest BCUT2D eigenvalue weighted by molar-refractivity contribution is 14.1. The second kappa shape index (κ2) is 22.8. The normalized spacial score (nSPS) is 11.6. The number of unbranched alkanes of at least 4 members (excludes halogenated alkanes) is 14. The first-order valence-electron chi connectivity index (χ1n) is 10.8. The summed E-state index contributed by atoms with van der Waals surface area (Å²) in [6.45, 7) is 2.29. The highest BCUT2D eigenvalue weighted by Gasteiger charge is 1.98. The fourth-order valence-electron chi connectivity index (χ4n) is 3.29. The van der Waals surface area contributed by atoms with E-state index in [0.29, 0.717) is 8.46 Å². The predicted octanol–water partition coefficient (Wildman–Crippen LogP) is 7.89. The van der Waals surface area contributed by atoms with Crippen molar-refractivity contribution in [2.45, 2.75) is 103 Å². The van der Waals surface area contributed by atoms with Crippen LogP contribution in [-0.4, -0.2) is 35.6 Å². The lowest BCUT2D eigenvalue weighted by Gasteiger charge is -2.15. The fraction of sp³-hybridized carbons (Fsp3) is 1.00. The summed E-state index contributed by atoms with van der Waals surface area (Å²) < 4.78 is 11.7. The fourth-order valence-corrected chi connectivity index (χ4v) is 4.10. The molecule has 0 fully saturated rings. The van der Waals surface area contributed by atoms with Crippen molar-refractivity contribution < 1.29 is 4.57 Å². The topological polar surface area (TPSA) is 20.3 Å². The number of hydrogen-bond donors (Lipinski definition) is 0. The lowest BCUT2D eigenvalue weighted by Crippen LogP contribution is -2.21. The van der Waals surface area contributed by atoms with Crippen LogP contribution >= 0.6 is 31.1 Å². The first-order valence-corrected chi connectivity index (χ1v) is 13.4. The molecular formula is C21H43INOP. The molecule has 0 aliphatic heterocycles. The summed E-state index contributed by atoms with van der Waals surface area (Å²) in [5.41, 5.74) is 0. The van der Waals surface area contributed by atoms with Gasteiger partial charge in [0.25, 0.3) is 0 Å². The average Bonchev–Trinajstić information content (AvgIpc) is 2.61. The number of alkyl halides is 1. The maximum Gasteiger partial charge on any atom is 0.155 e. The molecule has 150 valence electrons. The van der Waals surface area contributed by atoms with Gasteiger partial charge in [-0.25, -0.2) is 0 Å². The molecule has 0 aliphatic rings. The molecule has 0 aromatic heterocycles. The predicted molar refractivity (Wildman–Crippen MR) is 123 cm³/mol. The summed E-state index contributed by atoms with van der Waals surface area (Å²) >= 11 is 2.48. The van der Waals surface area contributed by atoms with Crippen molar-refractivity contribution in [2.75, 3.05) is 30.7 Å². The Bertz CT molecular complexity index is 266. The van der Waals surface area contributed by atoms with Crippen molar-refractivity contribution >= 4 is 31.1 Å². The van der Waals surface area contributed by atoms with E-state index >= 15 is 0 Å². The van der Waals surface area contributed by atoms with Crippen LogP contribution in [0, 0.1) is 0 Å². The lowest BCUT2D eigenvalue weighted by molar-refractivity contribution is 0.324. The number of rotatable bonds is 21. The van der Waals surface area contributed by atoms with E-state index in [1.165, 1.54) is 107 Å². The largest absolute Gasteiger partial charge is 0.306 e. The zero-order chi connectivity index (χ0) is 18.4. The minimum atomic E-state index is 0.299. The molecule has 25 heavy (non-hydrogen) atoms. The van der Waals surface area contributed by atoms with Gasteiger partial charge in [0.05, 0.1) is 0 Å². The number of nitrogens with zero attached hydrogens (tertiary/aromatic N) is 1. The Balaban J connectivity index is 3.06. The van der Waals surface area contributed by atoms with Gasteiger partial charge in [-0.05, 0) is 43.8 Å². The summed E-state index contributed by atoms with van der Waals surface area (Å²) in [4.78, 5) is 2.38. The third-order valence-electron chi connectivity index (χ3n) is 4.96. The van der Waals surface area contributed by atoms with Gasteiger partial charge in [-0.1, -0.05) is 106 Å². The molecule has 0 aromatic carbocycles. The summed E-state index contributed by atoms with van der Waals surface area (Å²) in [6, 6.07) is 0. The van der Waals surface area contributed by atoms with Gasteiger partial charge in [-0.2, -0.15) is 0 Å². The Labute approximate surface area is 173 Å². The maximum absolute atomic E-state index is 10.4. The number of halogens is 1. The van der Waals surface area contributed by atoms with E-state index in [1.807, 2.05) is 0 Å². The number of hydrogen-bond acceptors (Lipinski definition) is 2. The van der Waals surface area contributed by atoms with E-state index in [0.717, 1.165) is 19.1 Å². The van der Waals surface area contributed by atoms with Crippen molar-refractivity contribution in [3.8, 4) is 0 Å². The molecule has 0 saturated heterocycles. The molecular weight excluding hydrogens is 440 g/mol. The molecule has 0 heterocycles. The zero-order valence-electron chi connectivity index (χ0n) is 16.8. The standard InChI is InChI=1S/C21H43INOP/c1-23(20-17-21-25-24)19-16-14-12-10-8-6-4-2-3-5-7-9-11-13-15-18-22/h2-21H2,1H3. The van der Waals surface area contributed by atoms with Gasteiger partial charge in [-0.15, -0.1) is 0 Å². The lowest BCUT2D eigenvalue weighted by atomic mass is 10.0. The van der Waals surface area contributed by atoms with Crippen LogP contribution in [0.5, 0.6) is 0 Å². The smallest absolute Gasteiger partial charge is 0.155 e. The monoisotopic (exact) mass is 483 g/mol. The molecule has 0 aromatic rings. The van der Waals surface area contributed by atoms with Crippen molar-refractivity contribution in [3.63, 3.8) is 0 Å². The second-order valence-electron chi connectivity index (χ2n) is 7.50. The van der Waals surface area contributed by atoms with E-state index in [-0.39, 0.29) is 0 Å². The highest BCUT2D eigenvalue weighted by Crippen LogP contribution is 2.13. The Morgan fingerprint density at radius 2 is 0.960 bits per heavy atom. The molecule has 0 bridgehead atoms. The van der Waals surface area contributed by atoms with Gasteiger partial charge < -0.3 is 4.90 Å². The van der Waals surface area contributed by atoms with E-state index in [4.69, 9.17) is 0 Å². The van der Waals surface area contributed by atoms with E-state index in [2.05, 4.69) is 34.5 Å². The van der Waals surface area contributed by atoms with Crippen LogP contribution in [0.15, 0.2) is 0 Å². The summed E-state index contributed by atoms with van der Waals surface area (Å²) in [6.07, 6.45) is 23.4. The van der Waals surface area contributed by atoms with Gasteiger partial charge in [0, 0.05) is 6.16 Å². The Hall–Kier alpha value is 0.790. The second-order valence-corrected chi connectivity index (χ2v) is 9.29. The van der Waals surface area contributed by atoms with Crippen LogP contribution in [0.25, 0.3) is 0 Å². The average molecular weight is 483 g/mol. The van der Waals surface area contributed by atoms with E-state index < -0.39 is 0 Å². The van der Waals surface area contributed by atoms with Crippen LogP contribution < -0.4 is 0 Å². The highest BCUT2D eigenvalue weighted by atomic mass is 127. The molecule has 0 radical (unpaired) electrons. The molecule has 0 N–H and O–H groups in total. The first kappa shape index (κ1) is 25.8. The SMILES string of the molecule is CN(CCCCCCCCCCCCCCCCCI)CCCP=O. The molecule has 2 nitrogen and oxygen atoms in total. The molecule has 0 unspecified atom stereocenters. The van der Waals surface area contributed by atoms with Crippen LogP contribution in [0.3, 0.4) is 0 Å². The van der Waals surface area contributed by atoms with Gasteiger partial charge in [-0.3, -0.25) is 4.57 Å². The minimum absolute atomic E-state index is 0.299. The maximum atomic E-state index is 10.4. The molecule has 0 saturated carbocycles. The first-order chi connectivity index (χ1) is 12.3. The molecule has 0 aliphatic carbocycles. The van der Waals surface area contributed by atoms with Crippen molar-refractivity contribution in [3.05, 3.63) is 0 Å². The zero-order valence-corrected chi connectivity index (χ0v) is 19.9. The molecule has 0 rings (SSSR count). The summed E-state index contributed by atoms with van der Waals surface area (Å²) in [5.74, 6) is 0. The molecule has 0 spiro atoms. The van der Waals surface area contributed by atoms with Crippen LogP contribution in [0.4, 0.5) is 0 Å². The van der Waals surface area contributed by atoms with Gasteiger partial charge in [0.1, 0.15) is 0 Å². The summed E-state index contributed by atoms with van der Waals surface area (Å²) in [5, 5.41) is 0. The summed E-state index contributed by atoms with van der Waals surface area (Å²) in [7, 11) is 2.49. The van der Waals surface area contributed by atoms with Crippen LogP contribution in [0.1, 0.15) is 103 Å². The molecule has 0 amide bonds. The quantitative estimate of drug-likeness (QED) is 0.0716. The molecule has 4 heteroatoms. The molecule has 0 atom stereocenters. The van der Waals surface area contributed by atoms with Crippen molar-refractivity contribution in [1.82, 2.24) is 4.90 Å². The van der Waals surface area contributed by atoms with Crippen LogP contribution in [-0.2, 0) is 4.57 Å². The Morgan fingerprint density at radius 3 is 1.36 bits per heavy atom. The van der Waals surface area contributed by atoms with E-state index in [9.17, 15) is 4.57 Å². The third-order valence-corrected chi connectivity index (χ3v) is 6.22. The van der Waals surface area contributed by atoms with Crippen molar-refractivity contribution in [1.29, 1.82) is 0 Å². The van der Waals surface area contributed by atoms with Crippen LogP contribution in [0.2, 0.25) is 0 Å². The van der Waals surface area contributed by atoms with E-state index in [1.54, 1.807) is 0 Å². The van der Waals surface area contributed by atoms with Gasteiger partial charge in [0.15, 0.2) is 8.46 Å². The minimum Gasteiger partial charge on any atom is -0.306 e. The van der Waals surface area contributed by atoms with Gasteiger partial charge >= 0.3 is 0 Å². The Kier molecular flexibility index (Phi) is 23.6. The van der Waals surface area contributed by atoms with Gasteiger partial charge in [0.2, 0.25) is 0 Å².